The molecule has 0 atom stereocenters. The molecule has 2 heterocycles. The van der Waals surface area contributed by atoms with Crippen LogP contribution in [0.25, 0.3) is 11.2 Å². The van der Waals surface area contributed by atoms with Crippen LogP contribution in [0.4, 0.5) is 4.39 Å². The lowest BCUT2D eigenvalue weighted by molar-refractivity contribution is 0.623. The fourth-order valence-electron chi connectivity index (χ4n) is 2.40. The van der Waals surface area contributed by atoms with E-state index in [1.165, 1.54) is 12.1 Å². The van der Waals surface area contributed by atoms with Gasteiger partial charge in [0.25, 0.3) is 0 Å². The van der Waals surface area contributed by atoms with Crippen molar-refractivity contribution in [1.29, 1.82) is 0 Å². The van der Waals surface area contributed by atoms with Gasteiger partial charge in [0.15, 0.2) is 5.65 Å². The number of aryl methyl sites for hydroxylation is 2. The number of imidazole rings is 1. The summed E-state index contributed by atoms with van der Waals surface area (Å²) in [6.45, 7) is 2.48. The van der Waals surface area contributed by atoms with Gasteiger partial charge in [-0.05, 0) is 36.8 Å². The number of alkyl halides is 1. The number of pyridine rings is 1. The highest BCUT2D eigenvalue weighted by molar-refractivity contribution is 6.17. The van der Waals surface area contributed by atoms with Crippen molar-refractivity contribution in [3.63, 3.8) is 0 Å². The monoisotopic (exact) mass is 303 g/mol. The lowest BCUT2D eigenvalue weighted by Crippen LogP contribution is -2.07. The number of fused-ring (bicyclic) bond motifs is 1. The van der Waals surface area contributed by atoms with E-state index in [2.05, 4.69) is 9.97 Å². The average Bonchev–Trinajstić information content (AvgIpc) is 2.77. The van der Waals surface area contributed by atoms with E-state index >= 15 is 0 Å². The maximum Gasteiger partial charge on any atom is 0.160 e. The van der Waals surface area contributed by atoms with E-state index in [4.69, 9.17) is 11.6 Å². The van der Waals surface area contributed by atoms with Crippen LogP contribution in [-0.4, -0.2) is 20.4 Å². The largest absolute Gasteiger partial charge is 0.308 e. The molecule has 1 aromatic carbocycles. The minimum absolute atomic E-state index is 0.236. The third-order valence-electron chi connectivity index (χ3n) is 3.36. The highest BCUT2D eigenvalue weighted by atomic mass is 35.5. The van der Waals surface area contributed by atoms with Crippen LogP contribution in [0.3, 0.4) is 0 Å². The van der Waals surface area contributed by atoms with Crippen molar-refractivity contribution in [2.45, 2.75) is 19.9 Å². The SMILES string of the molecule is Cc1ccc2nc(CCCl)n(Cc3cccc(F)c3)c2n1. The van der Waals surface area contributed by atoms with Crippen LogP contribution in [0.1, 0.15) is 17.1 Å². The summed E-state index contributed by atoms with van der Waals surface area (Å²) >= 11 is 5.86. The molecule has 3 nitrogen and oxygen atoms in total. The Labute approximate surface area is 127 Å². The second kappa shape index (κ2) is 5.82. The predicted molar refractivity (Wildman–Crippen MR) is 82.2 cm³/mol. The molecule has 0 saturated carbocycles. The summed E-state index contributed by atoms with van der Waals surface area (Å²) in [6.07, 6.45) is 0.659. The minimum Gasteiger partial charge on any atom is -0.308 e. The minimum atomic E-state index is -0.236. The first-order valence-electron chi connectivity index (χ1n) is 6.80. The summed E-state index contributed by atoms with van der Waals surface area (Å²) in [5, 5.41) is 0. The van der Waals surface area contributed by atoms with Gasteiger partial charge in [-0.15, -0.1) is 11.6 Å². The molecule has 0 amide bonds. The first-order chi connectivity index (χ1) is 10.2. The van der Waals surface area contributed by atoms with Crippen molar-refractivity contribution < 1.29 is 4.39 Å². The fourth-order valence-corrected chi connectivity index (χ4v) is 2.57. The van der Waals surface area contributed by atoms with Crippen molar-refractivity contribution in [1.82, 2.24) is 14.5 Å². The summed E-state index contributed by atoms with van der Waals surface area (Å²) < 4.78 is 15.4. The molecule has 0 spiro atoms. The molecule has 0 fully saturated rings. The summed E-state index contributed by atoms with van der Waals surface area (Å²) in [7, 11) is 0. The zero-order valence-corrected chi connectivity index (χ0v) is 12.4. The molecule has 108 valence electrons. The summed E-state index contributed by atoms with van der Waals surface area (Å²) in [5.41, 5.74) is 3.48. The number of aromatic nitrogens is 3. The Morgan fingerprint density at radius 1 is 1.19 bits per heavy atom. The maximum absolute atomic E-state index is 13.4. The van der Waals surface area contributed by atoms with Gasteiger partial charge in [0.2, 0.25) is 0 Å². The van der Waals surface area contributed by atoms with Crippen molar-refractivity contribution in [2.75, 3.05) is 5.88 Å². The van der Waals surface area contributed by atoms with Gasteiger partial charge in [-0.25, -0.2) is 14.4 Å². The van der Waals surface area contributed by atoms with Crippen LogP contribution in [0, 0.1) is 12.7 Å². The van der Waals surface area contributed by atoms with Crippen molar-refractivity contribution >= 4 is 22.8 Å². The van der Waals surface area contributed by atoms with Crippen LogP contribution in [0.5, 0.6) is 0 Å². The zero-order valence-electron chi connectivity index (χ0n) is 11.7. The van der Waals surface area contributed by atoms with Crippen molar-refractivity contribution in [2.24, 2.45) is 0 Å². The summed E-state index contributed by atoms with van der Waals surface area (Å²) in [4.78, 5) is 9.15. The highest BCUT2D eigenvalue weighted by Gasteiger charge is 2.12. The Balaban J connectivity index is 2.10. The Hall–Kier alpha value is -1.94. The van der Waals surface area contributed by atoms with Crippen molar-refractivity contribution in [3.8, 4) is 0 Å². The average molecular weight is 304 g/mol. The molecule has 21 heavy (non-hydrogen) atoms. The molecule has 2 aromatic heterocycles. The van der Waals surface area contributed by atoms with Crippen LogP contribution in [0.15, 0.2) is 36.4 Å². The lowest BCUT2D eigenvalue weighted by Gasteiger charge is -2.08. The highest BCUT2D eigenvalue weighted by Crippen LogP contribution is 2.18. The molecule has 0 bridgehead atoms. The van der Waals surface area contributed by atoms with Crippen LogP contribution in [0.2, 0.25) is 0 Å². The van der Waals surface area contributed by atoms with Crippen molar-refractivity contribution in [3.05, 3.63) is 59.3 Å². The molecule has 0 aliphatic rings. The molecule has 0 aliphatic carbocycles. The molecule has 0 aliphatic heterocycles. The molecule has 3 aromatic rings. The fraction of sp³-hybridized carbons (Fsp3) is 0.250. The van der Waals surface area contributed by atoms with E-state index < -0.39 is 0 Å². The lowest BCUT2D eigenvalue weighted by atomic mass is 10.2. The quantitative estimate of drug-likeness (QED) is 0.688. The van der Waals surface area contributed by atoms with E-state index in [0.717, 1.165) is 28.2 Å². The Bertz CT molecular complexity index is 782. The second-order valence-electron chi connectivity index (χ2n) is 4.98. The summed E-state index contributed by atoms with van der Waals surface area (Å²) in [6, 6.07) is 10.5. The van der Waals surface area contributed by atoms with Crippen LogP contribution >= 0.6 is 11.6 Å². The molecule has 5 heteroatoms. The van der Waals surface area contributed by atoms with E-state index in [9.17, 15) is 4.39 Å². The maximum atomic E-state index is 13.4. The summed E-state index contributed by atoms with van der Waals surface area (Å²) in [5.74, 6) is 1.13. The molecular formula is C16H15ClFN3. The smallest absolute Gasteiger partial charge is 0.160 e. The Kier molecular flexibility index (Phi) is 3.88. The predicted octanol–water partition coefficient (Wildman–Crippen LogP) is 3.71. The molecular weight excluding hydrogens is 289 g/mol. The zero-order chi connectivity index (χ0) is 14.8. The Morgan fingerprint density at radius 3 is 2.81 bits per heavy atom. The number of benzene rings is 1. The van der Waals surface area contributed by atoms with E-state index in [-0.39, 0.29) is 5.82 Å². The van der Waals surface area contributed by atoms with Crippen LogP contribution < -0.4 is 0 Å². The van der Waals surface area contributed by atoms with Gasteiger partial charge in [0.1, 0.15) is 17.2 Å². The molecule has 3 rings (SSSR count). The third kappa shape index (κ3) is 2.90. The number of hydrogen-bond acceptors (Lipinski definition) is 2. The molecule has 0 N–H and O–H groups in total. The van der Waals surface area contributed by atoms with Gasteiger partial charge in [0.05, 0.1) is 6.54 Å². The van der Waals surface area contributed by atoms with Gasteiger partial charge in [-0.2, -0.15) is 0 Å². The number of hydrogen-bond donors (Lipinski definition) is 0. The van der Waals surface area contributed by atoms with E-state index in [1.54, 1.807) is 6.07 Å². The molecule has 0 unspecified atom stereocenters. The number of halogens is 2. The normalized spacial score (nSPS) is 11.2. The number of rotatable bonds is 4. The van der Waals surface area contributed by atoms with Gasteiger partial charge in [-0.1, -0.05) is 12.1 Å². The van der Waals surface area contributed by atoms with Gasteiger partial charge in [-0.3, -0.25) is 0 Å². The standard InChI is InChI=1S/C16H15ClFN3/c1-11-5-6-14-16(19-11)21(15(20-14)7-8-17)10-12-3-2-4-13(18)9-12/h2-6,9H,7-8,10H2,1H3. The molecule has 0 radical (unpaired) electrons. The number of nitrogens with zero attached hydrogens (tertiary/aromatic N) is 3. The van der Waals surface area contributed by atoms with Gasteiger partial charge >= 0.3 is 0 Å². The first-order valence-corrected chi connectivity index (χ1v) is 7.34. The Morgan fingerprint density at radius 2 is 2.05 bits per heavy atom. The van der Waals surface area contributed by atoms with Gasteiger partial charge in [0, 0.05) is 18.0 Å². The topological polar surface area (TPSA) is 30.7 Å². The van der Waals surface area contributed by atoms with Gasteiger partial charge < -0.3 is 4.57 Å². The second-order valence-corrected chi connectivity index (χ2v) is 5.36. The van der Waals surface area contributed by atoms with Crippen LogP contribution in [-0.2, 0) is 13.0 Å². The first kappa shape index (κ1) is 14.0. The molecule has 0 saturated heterocycles. The van der Waals surface area contributed by atoms with E-state index in [1.807, 2.05) is 29.7 Å². The van der Waals surface area contributed by atoms with E-state index in [0.29, 0.717) is 18.8 Å². The third-order valence-corrected chi connectivity index (χ3v) is 3.55.